The van der Waals surface area contributed by atoms with Crippen molar-refractivity contribution in [3.8, 4) is 0 Å². The smallest absolute Gasteiger partial charge is 0.338 e. The molecule has 0 aliphatic carbocycles. The second kappa shape index (κ2) is 8.12. The molecule has 26 heavy (non-hydrogen) atoms. The van der Waals surface area contributed by atoms with E-state index in [2.05, 4.69) is 53.5 Å². The van der Waals surface area contributed by atoms with Crippen LogP contribution in [-0.2, 0) is 4.74 Å². The highest BCUT2D eigenvalue weighted by molar-refractivity contribution is 5.89. The molecule has 1 aliphatic rings. The van der Waals surface area contributed by atoms with Crippen LogP contribution in [0.15, 0.2) is 30.3 Å². The Hall–Kier alpha value is -1.35. The number of carbonyl (C=O) groups is 1. The van der Waals surface area contributed by atoms with Gasteiger partial charge in [-0.1, -0.05) is 59.7 Å². The fourth-order valence-electron chi connectivity index (χ4n) is 5.81. The van der Waals surface area contributed by atoms with Crippen molar-refractivity contribution in [1.29, 1.82) is 0 Å². The molecule has 1 saturated heterocycles. The molecule has 1 aromatic rings. The minimum atomic E-state index is -0.193. The monoisotopic (exact) mass is 359 g/mol. The molecule has 1 heterocycles. The van der Waals surface area contributed by atoms with Gasteiger partial charge in [0.2, 0.25) is 0 Å². The van der Waals surface area contributed by atoms with Gasteiger partial charge in [0.05, 0.1) is 5.56 Å². The maximum atomic E-state index is 12.8. The van der Waals surface area contributed by atoms with E-state index < -0.39 is 0 Å². The molecule has 0 radical (unpaired) electrons. The molecule has 0 saturated carbocycles. The zero-order valence-corrected chi connectivity index (χ0v) is 17.7. The Balaban J connectivity index is 2.44. The standard InChI is InChI=1S/C23H37NO2/c1-8-22(9-2)17(5)20(18(6)23(10-3,11-4)24(22)7)26-21(25)19-15-13-12-14-16-19/h12-18,20H,8-11H2,1-7H3. The fourth-order valence-corrected chi connectivity index (χ4v) is 5.81. The first-order valence-electron chi connectivity index (χ1n) is 10.3. The maximum Gasteiger partial charge on any atom is 0.338 e. The van der Waals surface area contributed by atoms with Gasteiger partial charge in [-0.15, -0.1) is 0 Å². The van der Waals surface area contributed by atoms with Gasteiger partial charge in [0, 0.05) is 22.9 Å². The molecule has 2 rings (SSSR count). The third kappa shape index (κ3) is 3.09. The molecule has 0 bridgehead atoms. The van der Waals surface area contributed by atoms with Gasteiger partial charge in [-0.2, -0.15) is 0 Å². The van der Waals surface area contributed by atoms with Crippen LogP contribution in [0, 0.1) is 11.8 Å². The Labute approximate surface area is 160 Å². The Morgan fingerprint density at radius 2 is 1.35 bits per heavy atom. The normalized spacial score (nSPS) is 27.9. The molecule has 3 nitrogen and oxygen atoms in total. The van der Waals surface area contributed by atoms with Gasteiger partial charge >= 0.3 is 5.97 Å². The summed E-state index contributed by atoms with van der Waals surface area (Å²) in [5, 5.41) is 0. The summed E-state index contributed by atoms with van der Waals surface area (Å²) in [6.07, 6.45) is 4.19. The van der Waals surface area contributed by atoms with Crippen LogP contribution in [0.5, 0.6) is 0 Å². The van der Waals surface area contributed by atoms with Gasteiger partial charge in [-0.3, -0.25) is 4.90 Å². The van der Waals surface area contributed by atoms with E-state index in [1.165, 1.54) is 0 Å². The number of carbonyl (C=O) groups excluding carboxylic acids is 1. The van der Waals surface area contributed by atoms with Crippen LogP contribution in [0.1, 0.15) is 77.6 Å². The average Bonchev–Trinajstić information content (AvgIpc) is 2.68. The third-order valence-corrected chi connectivity index (χ3v) is 7.72. The number of piperidine rings is 1. The van der Waals surface area contributed by atoms with E-state index in [0.29, 0.717) is 5.56 Å². The molecular weight excluding hydrogens is 322 g/mol. The van der Waals surface area contributed by atoms with Crippen LogP contribution in [0.2, 0.25) is 0 Å². The Bertz CT molecular complexity index is 563. The SMILES string of the molecule is CCC1(CC)C(C)C(OC(=O)c2ccccc2)C(C)C(CC)(CC)N1C. The Morgan fingerprint density at radius 1 is 0.923 bits per heavy atom. The minimum absolute atomic E-state index is 0.0557. The van der Waals surface area contributed by atoms with E-state index in [9.17, 15) is 4.79 Å². The summed E-state index contributed by atoms with van der Waals surface area (Å²) in [6.45, 7) is 13.7. The summed E-state index contributed by atoms with van der Waals surface area (Å²) in [7, 11) is 2.29. The highest BCUT2D eigenvalue weighted by atomic mass is 16.5. The second-order valence-corrected chi connectivity index (χ2v) is 7.99. The number of hydrogen-bond donors (Lipinski definition) is 0. The quantitative estimate of drug-likeness (QED) is 0.624. The van der Waals surface area contributed by atoms with Crippen LogP contribution in [0.25, 0.3) is 0 Å². The van der Waals surface area contributed by atoms with E-state index >= 15 is 0 Å². The van der Waals surface area contributed by atoms with Crippen LogP contribution < -0.4 is 0 Å². The molecule has 0 aromatic heterocycles. The van der Waals surface area contributed by atoms with Crippen molar-refractivity contribution in [1.82, 2.24) is 4.90 Å². The highest BCUT2D eigenvalue weighted by Gasteiger charge is 2.58. The van der Waals surface area contributed by atoms with Gasteiger partial charge in [-0.25, -0.2) is 4.79 Å². The second-order valence-electron chi connectivity index (χ2n) is 7.99. The Kier molecular flexibility index (Phi) is 6.55. The number of esters is 1. The van der Waals surface area contributed by atoms with Crippen molar-refractivity contribution in [2.24, 2.45) is 11.8 Å². The molecule has 3 heteroatoms. The predicted octanol–water partition coefficient (Wildman–Crippen LogP) is 5.55. The van der Waals surface area contributed by atoms with Crippen molar-refractivity contribution < 1.29 is 9.53 Å². The summed E-state index contributed by atoms with van der Waals surface area (Å²) in [5.41, 5.74) is 0.753. The topological polar surface area (TPSA) is 29.5 Å². The summed E-state index contributed by atoms with van der Waals surface area (Å²) in [5.74, 6) is 0.383. The molecule has 1 aromatic carbocycles. The van der Waals surface area contributed by atoms with Crippen LogP contribution in [0.4, 0.5) is 0 Å². The van der Waals surface area contributed by atoms with Crippen LogP contribution in [0.3, 0.4) is 0 Å². The maximum absolute atomic E-state index is 12.8. The lowest BCUT2D eigenvalue weighted by atomic mass is 9.60. The first-order valence-corrected chi connectivity index (χ1v) is 10.3. The zero-order chi connectivity index (χ0) is 19.5. The van der Waals surface area contributed by atoms with Crippen molar-refractivity contribution in [3.05, 3.63) is 35.9 Å². The molecule has 146 valence electrons. The van der Waals surface area contributed by atoms with E-state index in [1.807, 2.05) is 30.3 Å². The van der Waals surface area contributed by atoms with Crippen molar-refractivity contribution in [3.63, 3.8) is 0 Å². The van der Waals surface area contributed by atoms with Gasteiger partial charge in [-0.05, 0) is 44.9 Å². The van der Waals surface area contributed by atoms with Crippen molar-refractivity contribution in [2.45, 2.75) is 84.4 Å². The lowest BCUT2D eigenvalue weighted by Gasteiger charge is -2.64. The summed E-state index contributed by atoms with van der Waals surface area (Å²) < 4.78 is 6.20. The van der Waals surface area contributed by atoms with E-state index in [4.69, 9.17) is 4.74 Å². The number of likely N-dealkylation sites (tertiary alicyclic amines) is 1. The number of nitrogens with zero attached hydrogens (tertiary/aromatic N) is 1. The zero-order valence-electron chi connectivity index (χ0n) is 17.7. The molecular formula is C23H37NO2. The summed E-state index contributed by atoms with van der Waals surface area (Å²) in [6, 6.07) is 9.39. The minimum Gasteiger partial charge on any atom is -0.458 e. The Morgan fingerprint density at radius 3 is 1.73 bits per heavy atom. The lowest BCUT2D eigenvalue weighted by molar-refractivity contribution is -0.175. The number of rotatable bonds is 6. The average molecular weight is 360 g/mol. The number of benzene rings is 1. The van der Waals surface area contributed by atoms with Gasteiger partial charge in [0.15, 0.2) is 0 Å². The molecule has 0 N–H and O–H groups in total. The molecule has 1 fully saturated rings. The molecule has 0 spiro atoms. The van der Waals surface area contributed by atoms with Gasteiger partial charge in [0.1, 0.15) is 6.10 Å². The van der Waals surface area contributed by atoms with E-state index in [1.54, 1.807) is 0 Å². The van der Waals surface area contributed by atoms with Crippen molar-refractivity contribution >= 4 is 5.97 Å². The molecule has 2 atom stereocenters. The van der Waals surface area contributed by atoms with Crippen LogP contribution in [-0.4, -0.2) is 35.1 Å². The van der Waals surface area contributed by atoms with Crippen molar-refractivity contribution in [2.75, 3.05) is 7.05 Å². The largest absolute Gasteiger partial charge is 0.458 e. The lowest BCUT2D eigenvalue weighted by Crippen LogP contribution is -2.72. The fraction of sp³-hybridized carbons (Fsp3) is 0.696. The van der Waals surface area contributed by atoms with Crippen LogP contribution >= 0.6 is 0 Å². The molecule has 1 aliphatic heterocycles. The molecule has 2 unspecified atom stereocenters. The third-order valence-electron chi connectivity index (χ3n) is 7.72. The first kappa shape index (κ1) is 21.0. The summed E-state index contributed by atoms with van der Waals surface area (Å²) >= 11 is 0. The number of hydrogen-bond acceptors (Lipinski definition) is 3. The summed E-state index contributed by atoms with van der Waals surface area (Å²) in [4.78, 5) is 15.5. The highest BCUT2D eigenvalue weighted by Crippen LogP contribution is 2.51. The van der Waals surface area contributed by atoms with E-state index in [-0.39, 0.29) is 35.0 Å². The van der Waals surface area contributed by atoms with Gasteiger partial charge in [0.25, 0.3) is 0 Å². The first-order chi connectivity index (χ1) is 12.3. The molecule has 0 amide bonds. The van der Waals surface area contributed by atoms with E-state index in [0.717, 1.165) is 25.7 Å². The number of ether oxygens (including phenoxy) is 1. The van der Waals surface area contributed by atoms with Gasteiger partial charge < -0.3 is 4.74 Å². The predicted molar refractivity (Wildman–Crippen MR) is 108 cm³/mol.